The monoisotopic (exact) mass is 378 g/mol. The number of rotatable bonds is 6. The predicted molar refractivity (Wildman–Crippen MR) is 110 cm³/mol. The van der Waals surface area contributed by atoms with Crippen LogP contribution in [-0.4, -0.2) is 35.1 Å². The Morgan fingerprint density at radius 3 is 2.93 bits per heavy atom. The van der Waals surface area contributed by atoms with Crippen molar-refractivity contribution < 1.29 is 9.53 Å². The molecule has 3 heterocycles. The van der Waals surface area contributed by atoms with Gasteiger partial charge in [0.1, 0.15) is 6.61 Å². The Balaban J connectivity index is 1.41. The molecule has 0 fully saturated rings. The summed E-state index contributed by atoms with van der Waals surface area (Å²) < 4.78 is 7.21. The molecule has 28 heavy (non-hydrogen) atoms. The topological polar surface area (TPSA) is 59.7 Å². The van der Waals surface area contributed by atoms with E-state index in [1.807, 2.05) is 32.3 Å². The standard InChI is InChI=1S/C22H26N4O2/c1-16-11-20(25(2)24-16)15-28-22(27)13-17-7-8-18-5-4-10-26(21(18)12-17)14-19-6-3-9-23-19/h6-9,11-12H,3-5,10,13-15H2,1-2H3. The summed E-state index contributed by atoms with van der Waals surface area (Å²) in [7, 11) is 1.86. The summed E-state index contributed by atoms with van der Waals surface area (Å²) >= 11 is 0. The van der Waals surface area contributed by atoms with Gasteiger partial charge in [-0.15, -0.1) is 0 Å². The van der Waals surface area contributed by atoms with E-state index in [2.05, 4.69) is 33.2 Å². The largest absolute Gasteiger partial charge is 0.459 e. The van der Waals surface area contributed by atoms with E-state index in [1.165, 1.54) is 11.3 Å². The van der Waals surface area contributed by atoms with Gasteiger partial charge in [0.25, 0.3) is 0 Å². The zero-order chi connectivity index (χ0) is 19.5. The highest BCUT2D eigenvalue weighted by Gasteiger charge is 2.19. The van der Waals surface area contributed by atoms with Crippen LogP contribution in [0.4, 0.5) is 5.69 Å². The van der Waals surface area contributed by atoms with Crippen molar-refractivity contribution in [2.24, 2.45) is 12.0 Å². The van der Waals surface area contributed by atoms with Crippen molar-refractivity contribution in [3.63, 3.8) is 0 Å². The van der Waals surface area contributed by atoms with Crippen LogP contribution in [0.1, 0.15) is 35.4 Å². The molecule has 146 valence electrons. The van der Waals surface area contributed by atoms with Gasteiger partial charge < -0.3 is 9.64 Å². The number of allylic oxidation sites excluding steroid dienone is 1. The molecule has 0 saturated carbocycles. The van der Waals surface area contributed by atoms with Crippen LogP contribution in [0.3, 0.4) is 0 Å². The minimum atomic E-state index is -0.218. The molecule has 6 heteroatoms. The van der Waals surface area contributed by atoms with E-state index in [0.717, 1.165) is 55.0 Å². The number of fused-ring (bicyclic) bond motifs is 1. The van der Waals surface area contributed by atoms with Crippen LogP contribution >= 0.6 is 0 Å². The summed E-state index contributed by atoms with van der Waals surface area (Å²) in [6.07, 6.45) is 7.57. The molecule has 1 aromatic carbocycles. The number of aryl methyl sites for hydroxylation is 3. The number of esters is 1. The molecule has 2 aromatic rings. The van der Waals surface area contributed by atoms with Crippen molar-refractivity contribution in [3.05, 3.63) is 58.6 Å². The van der Waals surface area contributed by atoms with Gasteiger partial charge in [0.05, 0.1) is 30.1 Å². The third-order valence-electron chi connectivity index (χ3n) is 5.26. The maximum atomic E-state index is 12.3. The van der Waals surface area contributed by atoms with Crippen LogP contribution in [0.5, 0.6) is 0 Å². The number of aliphatic imine (C=N–C) groups is 1. The van der Waals surface area contributed by atoms with Gasteiger partial charge in [-0.05, 0) is 43.0 Å². The highest BCUT2D eigenvalue weighted by molar-refractivity contribution is 5.74. The second kappa shape index (κ2) is 8.00. The third-order valence-corrected chi connectivity index (χ3v) is 5.26. The molecule has 2 aliphatic heterocycles. The molecule has 0 bridgehead atoms. The van der Waals surface area contributed by atoms with E-state index in [0.29, 0.717) is 0 Å². The molecule has 2 aliphatic rings. The van der Waals surface area contributed by atoms with Gasteiger partial charge in [-0.3, -0.25) is 14.5 Å². The Morgan fingerprint density at radius 1 is 1.29 bits per heavy atom. The third kappa shape index (κ3) is 4.16. The molecular weight excluding hydrogens is 352 g/mol. The molecule has 0 saturated heterocycles. The number of aromatic nitrogens is 2. The lowest BCUT2D eigenvalue weighted by Gasteiger charge is -2.31. The van der Waals surface area contributed by atoms with Crippen molar-refractivity contribution in [2.75, 3.05) is 18.0 Å². The van der Waals surface area contributed by atoms with E-state index < -0.39 is 0 Å². The summed E-state index contributed by atoms with van der Waals surface area (Å²) in [5, 5.41) is 4.28. The van der Waals surface area contributed by atoms with Crippen molar-refractivity contribution in [3.8, 4) is 0 Å². The van der Waals surface area contributed by atoms with Crippen LogP contribution in [0.15, 0.2) is 41.0 Å². The zero-order valence-electron chi connectivity index (χ0n) is 16.5. The summed E-state index contributed by atoms with van der Waals surface area (Å²) in [5.41, 5.74) is 6.50. The molecule has 0 radical (unpaired) electrons. The highest BCUT2D eigenvalue weighted by Crippen LogP contribution is 2.29. The molecule has 6 nitrogen and oxygen atoms in total. The van der Waals surface area contributed by atoms with E-state index in [4.69, 9.17) is 4.74 Å². The number of carbonyl (C=O) groups excluding carboxylic acids is 1. The van der Waals surface area contributed by atoms with Crippen LogP contribution in [0.25, 0.3) is 0 Å². The van der Waals surface area contributed by atoms with E-state index in [-0.39, 0.29) is 19.0 Å². The molecule has 0 amide bonds. The second-order valence-corrected chi connectivity index (χ2v) is 7.47. The van der Waals surface area contributed by atoms with E-state index >= 15 is 0 Å². The fourth-order valence-electron chi connectivity index (χ4n) is 3.85. The normalized spacial score (nSPS) is 15.5. The number of carbonyl (C=O) groups is 1. The Bertz CT molecular complexity index is 942. The van der Waals surface area contributed by atoms with Gasteiger partial charge >= 0.3 is 5.97 Å². The first-order valence-corrected chi connectivity index (χ1v) is 9.82. The van der Waals surface area contributed by atoms with Crippen molar-refractivity contribution in [1.29, 1.82) is 0 Å². The van der Waals surface area contributed by atoms with Crippen LogP contribution in [0, 0.1) is 6.92 Å². The smallest absolute Gasteiger partial charge is 0.310 e. The van der Waals surface area contributed by atoms with Crippen molar-refractivity contribution in [2.45, 2.75) is 39.2 Å². The Kier molecular flexibility index (Phi) is 5.28. The van der Waals surface area contributed by atoms with E-state index in [1.54, 1.807) is 4.68 Å². The molecule has 1 aromatic heterocycles. The summed E-state index contributed by atoms with van der Waals surface area (Å²) in [6.45, 7) is 4.03. The summed E-state index contributed by atoms with van der Waals surface area (Å²) in [6, 6.07) is 8.28. The van der Waals surface area contributed by atoms with Crippen molar-refractivity contribution >= 4 is 17.9 Å². The first-order valence-electron chi connectivity index (χ1n) is 9.82. The molecule has 4 rings (SSSR count). The second-order valence-electron chi connectivity index (χ2n) is 7.47. The van der Waals surface area contributed by atoms with Gasteiger partial charge in [0, 0.05) is 31.9 Å². The summed E-state index contributed by atoms with van der Waals surface area (Å²) in [4.78, 5) is 19.2. The number of anilines is 1. The minimum absolute atomic E-state index is 0.218. The molecular formula is C22H26N4O2. The Labute approximate surface area is 165 Å². The number of benzene rings is 1. The first-order chi connectivity index (χ1) is 13.6. The molecule has 0 spiro atoms. The molecule has 0 atom stereocenters. The molecule has 0 N–H and O–H groups in total. The lowest BCUT2D eigenvalue weighted by atomic mass is 9.98. The molecule has 0 aliphatic carbocycles. The van der Waals surface area contributed by atoms with Gasteiger partial charge in [0.15, 0.2) is 0 Å². The van der Waals surface area contributed by atoms with Crippen LogP contribution in [-0.2, 0) is 36.0 Å². The maximum absolute atomic E-state index is 12.3. The molecule has 0 unspecified atom stereocenters. The fourth-order valence-corrected chi connectivity index (χ4v) is 3.85. The average Bonchev–Trinajstić information content (AvgIpc) is 3.29. The highest BCUT2D eigenvalue weighted by atomic mass is 16.5. The Hall–Kier alpha value is -2.89. The average molecular weight is 378 g/mol. The maximum Gasteiger partial charge on any atom is 0.310 e. The summed E-state index contributed by atoms with van der Waals surface area (Å²) in [5.74, 6) is -0.218. The predicted octanol–water partition coefficient (Wildman–Crippen LogP) is 3.13. The quantitative estimate of drug-likeness (QED) is 0.725. The number of hydrogen-bond donors (Lipinski definition) is 0. The number of ether oxygens (including phenoxy) is 1. The SMILES string of the molecule is Cc1cc(COC(=O)Cc2ccc3c(c2)N(CC2=CCC=N2)CCC3)n(C)n1. The number of hydrogen-bond acceptors (Lipinski definition) is 5. The minimum Gasteiger partial charge on any atom is -0.459 e. The number of nitrogens with zero attached hydrogens (tertiary/aromatic N) is 4. The van der Waals surface area contributed by atoms with Crippen LogP contribution < -0.4 is 4.90 Å². The fraction of sp³-hybridized carbons (Fsp3) is 0.409. The van der Waals surface area contributed by atoms with E-state index in [9.17, 15) is 4.79 Å². The lowest BCUT2D eigenvalue weighted by molar-refractivity contribution is -0.144. The van der Waals surface area contributed by atoms with Gasteiger partial charge in [-0.1, -0.05) is 18.2 Å². The van der Waals surface area contributed by atoms with Crippen LogP contribution in [0.2, 0.25) is 0 Å². The van der Waals surface area contributed by atoms with Gasteiger partial charge in [-0.25, -0.2) is 0 Å². The lowest BCUT2D eigenvalue weighted by Crippen LogP contribution is -2.31. The van der Waals surface area contributed by atoms with Gasteiger partial charge in [0.2, 0.25) is 0 Å². The van der Waals surface area contributed by atoms with Crippen molar-refractivity contribution in [1.82, 2.24) is 9.78 Å². The zero-order valence-corrected chi connectivity index (χ0v) is 16.5. The Morgan fingerprint density at radius 2 is 2.18 bits per heavy atom. The van der Waals surface area contributed by atoms with Gasteiger partial charge in [-0.2, -0.15) is 5.10 Å². The first kappa shape index (κ1) is 18.5.